The number of aryl methyl sites for hydroxylation is 1. The number of rotatable bonds is 20. The number of carbonyl (C=O) groups is 1. The molecule has 0 aliphatic carbocycles. The number of halogens is 1. The van der Waals surface area contributed by atoms with Crippen LogP contribution in [0, 0.1) is 12.7 Å². The quantitative estimate of drug-likeness (QED) is 0.0983. The van der Waals surface area contributed by atoms with Gasteiger partial charge in [0.25, 0.3) is 0 Å². The number of hydrogen-bond donors (Lipinski definition) is 0. The molecule has 3 rings (SSSR count). The summed E-state index contributed by atoms with van der Waals surface area (Å²) in [4.78, 5) is 15.9. The van der Waals surface area contributed by atoms with E-state index in [4.69, 9.17) is 4.74 Å². The number of anilines is 1. The fraction of sp³-hybridized carbons (Fsp3) is 0.543. The van der Waals surface area contributed by atoms with Gasteiger partial charge in [0, 0.05) is 17.7 Å². The largest absolute Gasteiger partial charge is 0.491 e. The number of nitrogens with zero attached hydrogens (tertiary/aromatic N) is 2. The average Bonchev–Trinajstić information content (AvgIpc) is 3.38. The highest BCUT2D eigenvalue weighted by Gasteiger charge is 2.17. The smallest absolute Gasteiger partial charge is 0.227 e. The Labute approximate surface area is 251 Å². The van der Waals surface area contributed by atoms with Crippen molar-refractivity contribution in [3.63, 3.8) is 0 Å². The van der Waals surface area contributed by atoms with Crippen LogP contribution in [0.2, 0.25) is 0 Å². The molecule has 0 aliphatic rings. The molecule has 4 nitrogen and oxygen atoms in total. The SMILES string of the molecule is CCCCCCCCCCCCCCOc1ccc(CN(C(=O)CC)c2cccc(C[n+]3csc(C)c3)c2)cc1F. The first-order chi connectivity index (χ1) is 20.0. The van der Waals surface area contributed by atoms with Crippen LogP contribution in [-0.4, -0.2) is 12.5 Å². The maximum Gasteiger partial charge on any atom is 0.227 e. The van der Waals surface area contributed by atoms with Crippen molar-refractivity contribution in [2.45, 2.75) is 117 Å². The fourth-order valence-corrected chi connectivity index (χ4v) is 5.78. The van der Waals surface area contributed by atoms with E-state index in [9.17, 15) is 9.18 Å². The molecule has 3 aromatic rings. The predicted octanol–water partition coefficient (Wildman–Crippen LogP) is 9.55. The van der Waals surface area contributed by atoms with Crippen molar-refractivity contribution in [2.24, 2.45) is 0 Å². The van der Waals surface area contributed by atoms with Crippen molar-refractivity contribution in [3.8, 4) is 5.75 Å². The van der Waals surface area contributed by atoms with E-state index in [-0.39, 0.29) is 17.5 Å². The maximum atomic E-state index is 14.9. The van der Waals surface area contributed by atoms with Crippen molar-refractivity contribution >= 4 is 22.9 Å². The lowest BCUT2D eigenvalue weighted by Crippen LogP contribution is -2.32. The second-order valence-electron chi connectivity index (χ2n) is 11.1. The van der Waals surface area contributed by atoms with Gasteiger partial charge in [-0.05, 0) is 43.2 Å². The highest BCUT2D eigenvalue weighted by Crippen LogP contribution is 2.24. The van der Waals surface area contributed by atoms with Gasteiger partial charge in [0.15, 0.2) is 24.3 Å². The van der Waals surface area contributed by atoms with Crippen molar-refractivity contribution in [3.05, 3.63) is 76.0 Å². The van der Waals surface area contributed by atoms with Crippen LogP contribution in [0.25, 0.3) is 0 Å². The average molecular weight is 582 g/mol. The van der Waals surface area contributed by atoms with E-state index in [2.05, 4.69) is 42.3 Å². The van der Waals surface area contributed by atoms with E-state index < -0.39 is 0 Å². The van der Waals surface area contributed by atoms with E-state index in [1.807, 2.05) is 25.1 Å². The molecule has 0 fully saturated rings. The minimum Gasteiger partial charge on any atom is -0.491 e. The summed E-state index contributed by atoms with van der Waals surface area (Å²) in [7, 11) is 0. The first kappa shape index (κ1) is 32.8. The Morgan fingerprint density at radius 2 is 1.56 bits per heavy atom. The third-order valence-corrected chi connectivity index (χ3v) is 8.36. The Hall–Kier alpha value is -2.73. The molecule has 0 spiro atoms. The summed E-state index contributed by atoms with van der Waals surface area (Å²) >= 11 is 1.71. The molecule has 0 saturated carbocycles. The van der Waals surface area contributed by atoms with Crippen LogP contribution in [0.15, 0.2) is 54.2 Å². The van der Waals surface area contributed by atoms with Crippen molar-refractivity contribution in [2.75, 3.05) is 11.5 Å². The van der Waals surface area contributed by atoms with Crippen LogP contribution < -0.4 is 14.2 Å². The van der Waals surface area contributed by atoms with Gasteiger partial charge in [-0.3, -0.25) is 4.79 Å². The maximum absolute atomic E-state index is 14.9. The monoisotopic (exact) mass is 581 g/mol. The number of aromatic nitrogens is 1. The molecule has 0 aliphatic heterocycles. The van der Waals surface area contributed by atoms with E-state index >= 15 is 0 Å². The summed E-state index contributed by atoms with van der Waals surface area (Å²) in [5, 5.41) is 0. The lowest BCUT2D eigenvalue weighted by molar-refractivity contribution is -0.683. The van der Waals surface area contributed by atoms with Gasteiger partial charge in [-0.2, -0.15) is 4.57 Å². The third-order valence-electron chi connectivity index (χ3n) is 7.50. The van der Waals surface area contributed by atoms with Crippen molar-refractivity contribution in [1.29, 1.82) is 0 Å². The number of benzene rings is 2. The van der Waals surface area contributed by atoms with Gasteiger partial charge in [-0.25, -0.2) is 4.39 Å². The first-order valence-corrected chi connectivity index (χ1v) is 16.6. The lowest BCUT2D eigenvalue weighted by atomic mass is 10.1. The summed E-state index contributed by atoms with van der Waals surface area (Å²) in [6.07, 6.45) is 17.9. The Morgan fingerprint density at radius 3 is 2.17 bits per heavy atom. The number of ether oxygens (including phenoxy) is 1. The molecule has 224 valence electrons. The van der Waals surface area contributed by atoms with Crippen LogP contribution in [0.3, 0.4) is 0 Å². The zero-order valence-electron chi connectivity index (χ0n) is 25.5. The molecule has 1 aromatic heterocycles. The molecular weight excluding hydrogens is 531 g/mol. The van der Waals surface area contributed by atoms with Gasteiger partial charge in [0.05, 0.1) is 18.0 Å². The van der Waals surface area contributed by atoms with Gasteiger partial charge in [-0.1, -0.05) is 114 Å². The first-order valence-electron chi connectivity index (χ1n) is 15.7. The number of amides is 1. The molecule has 1 heterocycles. The van der Waals surface area contributed by atoms with Gasteiger partial charge in [0.1, 0.15) is 0 Å². The molecular formula is C35H50FN2O2S+. The molecule has 0 saturated heterocycles. The van der Waals surface area contributed by atoms with Gasteiger partial charge in [0.2, 0.25) is 11.4 Å². The van der Waals surface area contributed by atoms with E-state index in [1.54, 1.807) is 22.3 Å². The predicted molar refractivity (Wildman–Crippen MR) is 169 cm³/mol. The molecule has 0 atom stereocenters. The Bertz CT molecular complexity index is 1180. The summed E-state index contributed by atoms with van der Waals surface area (Å²) in [6, 6.07) is 13.1. The molecule has 0 N–H and O–H groups in total. The normalized spacial score (nSPS) is 11.1. The van der Waals surface area contributed by atoms with Crippen molar-refractivity contribution < 1.29 is 18.5 Å². The third kappa shape index (κ3) is 12.0. The van der Waals surface area contributed by atoms with Crippen LogP contribution in [0.4, 0.5) is 10.1 Å². The van der Waals surface area contributed by atoms with Crippen LogP contribution >= 0.6 is 11.3 Å². The van der Waals surface area contributed by atoms with Crippen LogP contribution in [-0.2, 0) is 17.9 Å². The number of hydrogen-bond acceptors (Lipinski definition) is 3. The zero-order chi connectivity index (χ0) is 29.3. The van der Waals surface area contributed by atoms with Gasteiger partial charge < -0.3 is 9.64 Å². The molecule has 6 heteroatoms. The van der Waals surface area contributed by atoms with E-state index in [0.717, 1.165) is 36.2 Å². The highest BCUT2D eigenvalue weighted by molar-refractivity contribution is 7.09. The number of unbranched alkanes of at least 4 members (excludes halogenated alkanes) is 11. The van der Waals surface area contributed by atoms with Gasteiger partial charge in [-0.15, -0.1) is 0 Å². The minimum absolute atomic E-state index is 0.00823. The molecule has 0 bridgehead atoms. The fourth-order valence-electron chi connectivity index (χ4n) is 5.14. The Kier molecular flexibility index (Phi) is 14.9. The van der Waals surface area contributed by atoms with E-state index in [0.29, 0.717) is 19.6 Å². The summed E-state index contributed by atoms with van der Waals surface area (Å²) in [5.41, 5.74) is 4.79. The molecule has 0 radical (unpaired) electrons. The highest BCUT2D eigenvalue weighted by atomic mass is 32.1. The lowest BCUT2D eigenvalue weighted by Gasteiger charge is -2.23. The molecule has 1 amide bonds. The Balaban J connectivity index is 1.43. The van der Waals surface area contributed by atoms with Gasteiger partial charge >= 0.3 is 0 Å². The zero-order valence-corrected chi connectivity index (χ0v) is 26.3. The molecule has 0 unspecified atom stereocenters. The summed E-state index contributed by atoms with van der Waals surface area (Å²) in [6.45, 7) is 7.80. The molecule has 2 aromatic carbocycles. The Morgan fingerprint density at radius 1 is 0.878 bits per heavy atom. The summed E-state index contributed by atoms with van der Waals surface area (Å²) < 4.78 is 22.8. The van der Waals surface area contributed by atoms with Crippen LogP contribution in [0.5, 0.6) is 5.75 Å². The van der Waals surface area contributed by atoms with Crippen LogP contribution in [0.1, 0.15) is 113 Å². The van der Waals surface area contributed by atoms with E-state index in [1.165, 1.54) is 75.2 Å². The molecule has 41 heavy (non-hydrogen) atoms. The second kappa shape index (κ2) is 18.7. The summed E-state index contributed by atoms with van der Waals surface area (Å²) in [5.74, 6) is -0.0764. The topological polar surface area (TPSA) is 33.4 Å². The minimum atomic E-state index is -0.372. The number of carbonyl (C=O) groups excluding carboxylic acids is 1. The van der Waals surface area contributed by atoms with Crippen molar-refractivity contribution in [1.82, 2.24) is 0 Å². The second-order valence-corrected chi connectivity index (χ2v) is 12.2. The number of thiazole rings is 1. The standard InChI is InChI=1S/C35H50FN2O2S/c1-4-6-7-8-9-10-11-12-13-14-15-16-22-40-34-21-20-31(24-33(34)36)27-38(35(39)5-2)32-19-17-18-30(23-32)26-37-25-29(3)41-28-37/h17-21,23-25,28H,4-16,22,26-27H2,1-3H3/q+1.